The second-order valence-electron chi connectivity index (χ2n) is 7.20. The molecule has 9 heteroatoms. The van der Waals surface area contributed by atoms with Gasteiger partial charge >= 0.3 is 6.03 Å². The summed E-state index contributed by atoms with van der Waals surface area (Å²) in [6, 6.07) is 8.14. The smallest absolute Gasteiger partial charge is 0.325 e. The molecule has 1 aromatic heterocycles. The summed E-state index contributed by atoms with van der Waals surface area (Å²) in [5.74, 6) is 0.720. The van der Waals surface area contributed by atoms with Crippen molar-refractivity contribution in [3.63, 3.8) is 0 Å². The summed E-state index contributed by atoms with van der Waals surface area (Å²) < 4.78 is 0. The number of aromatic amines is 1. The monoisotopic (exact) mass is 384 g/mol. The van der Waals surface area contributed by atoms with Gasteiger partial charge in [-0.3, -0.25) is 24.9 Å². The molecule has 1 saturated heterocycles. The maximum Gasteiger partial charge on any atom is 0.325 e. The average Bonchev–Trinajstić information content (AvgIpc) is 3.19. The molecule has 4 amide bonds. The standard InChI is InChI=1S/C19H24N6O3/c1-12(2)10-15-21-18(24-23-15)22-16(26)9-8-14-17(27)25(19(28)20-14)11-13-6-4-3-5-7-13/h3-7,12,14H,8-11H2,1-2H3,(H,20,28)(H2,21,22,23,24,26)/t14-/m1/s1. The molecule has 2 heterocycles. The molecule has 0 radical (unpaired) electrons. The topological polar surface area (TPSA) is 120 Å². The molecule has 0 unspecified atom stereocenters. The van der Waals surface area contributed by atoms with Crippen LogP contribution in [0.2, 0.25) is 0 Å². The third-order valence-electron chi connectivity index (χ3n) is 4.34. The molecule has 0 bridgehead atoms. The molecule has 1 aliphatic rings. The summed E-state index contributed by atoms with van der Waals surface area (Å²) >= 11 is 0. The highest BCUT2D eigenvalue weighted by Crippen LogP contribution is 2.15. The van der Waals surface area contributed by atoms with Gasteiger partial charge in [0, 0.05) is 12.8 Å². The van der Waals surface area contributed by atoms with Gasteiger partial charge in [0.25, 0.3) is 5.91 Å². The number of nitrogens with one attached hydrogen (secondary N) is 3. The van der Waals surface area contributed by atoms with E-state index >= 15 is 0 Å². The fourth-order valence-electron chi connectivity index (χ4n) is 2.98. The minimum atomic E-state index is -0.703. The molecule has 28 heavy (non-hydrogen) atoms. The lowest BCUT2D eigenvalue weighted by Gasteiger charge is -2.12. The van der Waals surface area contributed by atoms with Gasteiger partial charge in [0.2, 0.25) is 11.9 Å². The zero-order valence-corrected chi connectivity index (χ0v) is 15.9. The van der Waals surface area contributed by atoms with Gasteiger partial charge in [-0.15, -0.1) is 5.10 Å². The van der Waals surface area contributed by atoms with Crippen LogP contribution in [0.5, 0.6) is 0 Å². The third-order valence-corrected chi connectivity index (χ3v) is 4.34. The first-order chi connectivity index (χ1) is 13.4. The lowest BCUT2D eigenvalue weighted by molar-refractivity contribution is -0.128. The predicted octanol–water partition coefficient (Wildman–Crippen LogP) is 1.84. The molecule has 3 rings (SSSR count). The minimum Gasteiger partial charge on any atom is -0.326 e. The Morgan fingerprint density at radius 1 is 1.25 bits per heavy atom. The molecule has 1 atom stereocenters. The molecule has 1 aromatic carbocycles. The molecule has 1 fully saturated rings. The van der Waals surface area contributed by atoms with Crippen LogP contribution in [0.15, 0.2) is 30.3 Å². The van der Waals surface area contributed by atoms with E-state index in [1.165, 1.54) is 4.90 Å². The number of aromatic nitrogens is 3. The number of anilines is 1. The first kappa shape index (κ1) is 19.5. The van der Waals surface area contributed by atoms with Crippen molar-refractivity contribution in [3.05, 3.63) is 41.7 Å². The summed E-state index contributed by atoms with van der Waals surface area (Å²) in [5, 5.41) is 12.0. The number of hydrogen-bond acceptors (Lipinski definition) is 5. The summed E-state index contributed by atoms with van der Waals surface area (Å²) in [4.78, 5) is 42.1. The molecule has 1 aliphatic heterocycles. The van der Waals surface area contributed by atoms with E-state index in [4.69, 9.17) is 0 Å². The van der Waals surface area contributed by atoms with Crippen molar-refractivity contribution in [3.8, 4) is 0 Å². The Hall–Kier alpha value is -3.23. The van der Waals surface area contributed by atoms with Gasteiger partial charge in [-0.25, -0.2) is 4.79 Å². The zero-order chi connectivity index (χ0) is 20.1. The number of urea groups is 1. The fraction of sp³-hybridized carbons (Fsp3) is 0.421. The first-order valence-electron chi connectivity index (χ1n) is 9.29. The maximum atomic E-state index is 12.5. The lowest BCUT2D eigenvalue weighted by atomic mass is 10.1. The minimum absolute atomic E-state index is 0.0733. The van der Waals surface area contributed by atoms with E-state index in [1.807, 2.05) is 30.3 Å². The zero-order valence-electron chi connectivity index (χ0n) is 15.9. The van der Waals surface area contributed by atoms with Crippen LogP contribution in [0.25, 0.3) is 0 Å². The number of carbonyl (C=O) groups is 3. The Balaban J connectivity index is 1.49. The van der Waals surface area contributed by atoms with E-state index < -0.39 is 12.1 Å². The molecule has 0 saturated carbocycles. The van der Waals surface area contributed by atoms with Crippen molar-refractivity contribution < 1.29 is 14.4 Å². The van der Waals surface area contributed by atoms with Gasteiger partial charge in [-0.1, -0.05) is 44.2 Å². The van der Waals surface area contributed by atoms with Gasteiger partial charge in [-0.05, 0) is 17.9 Å². The van der Waals surface area contributed by atoms with E-state index in [-0.39, 0.29) is 37.1 Å². The number of imide groups is 1. The number of amides is 4. The van der Waals surface area contributed by atoms with Gasteiger partial charge in [0.15, 0.2) is 0 Å². The van der Waals surface area contributed by atoms with Crippen LogP contribution in [0.3, 0.4) is 0 Å². The van der Waals surface area contributed by atoms with E-state index in [9.17, 15) is 14.4 Å². The van der Waals surface area contributed by atoms with Crippen LogP contribution >= 0.6 is 0 Å². The summed E-state index contributed by atoms with van der Waals surface area (Å²) in [6.45, 7) is 4.34. The second kappa shape index (κ2) is 8.64. The summed E-state index contributed by atoms with van der Waals surface area (Å²) in [6.07, 6.45) is 1.03. The average molecular weight is 384 g/mol. The van der Waals surface area contributed by atoms with Gasteiger partial charge in [0.05, 0.1) is 6.54 Å². The molecule has 0 aliphatic carbocycles. The Labute approximate surface area is 162 Å². The quantitative estimate of drug-likeness (QED) is 0.600. The van der Waals surface area contributed by atoms with Gasteiger partial charge in [-0.2, -0.15) is 4.98 Å². The van der Waals surface area contributed by atoms with E-state index in [0.29, 0.717) is 11.7 Å². The van der Waals surface area contributed by atoms with Crippen molar-refractivity contribution in [2.75, 3.05) is 5.32 Å². The van der Waals surface area contributed by atoms with E-state index in [2.05, 4.69) is 39.7 Å². The van der Waals surface area contributed by atoms with Crippen molar-refractivity contribution in [1.29, 1.82) is 0 Å². The normalized spacial score (nSPS) is 16.5. The Morgan fingerprint density at radius 3 is 2.71 bits per heavy atom. The predicted molar refractivity (Wildman–Crippen MR) is 102 cm³/mol. The molecule has 3 N–H and O–H groups in total. The van der Waals surface area contributed by atoms with Gasteiger partial charge < -0.3 is 5.32 Å². The first-order valence-corrected chi connectivity index (χ1v) is 9.29. The Bertz CT molecular complexity index is 848. The lowest BCUT2D eigenvalue weighted by Crippen LogP contribution is -2.31. The Morgan fingerprint density at radius 2 is 2.00 bits per heavy atom. The fourth-order valence-corrected chi connectivity index (χ4v) is 2.98. The summed E-state index contributed by atoms with van der Waals surface area (Å²) in [7, 11) is 0. The number of benzene rings is 1. The number of nitrogens with zero attached hydrogens (tertiary/aromatic N) is 3. The molecule has 2 aromatic rings. The molecule has 148 valence electrons. The van der Waals surface area contributed by atoms with E-state index in [1.54, 1.807) is 0 Å². The maximum absolute atomic E-state index is 12.5. The molecular formula is C19H24N6O3. The molecular weight excluding hydrogens is 360 g/mol. The number of carbonyl (C=O) groups excluding carboxylic acids is 3. The van der Waals surface area contributed by atoms with Crippen LogP contribution in [0.4, 0.5) is 10.7 Å². The largest absolute Gasteiger partial charge is 0.326 e. The second-order valence-corrected chi connectivity index (χ2v) is 7.20. The van der Waals surface area contributed by atoms with Crippen LogP contribution < -0.4 is 10.6 Å². The highest BCUT2D eigenvalue weighted by molar-refractivity contribution is 6.04. The van der Waals surface area contributed by atoms with Crippen LogP contribution in [-0.4, -0.2) is 44.0 Å². The van der Waals surface area contributed by atoms with Crippen LogP contribution in [-0.2, 0) is 22.6 Å². The van der Waals surface area contributed by atoms with Gasteiger partial charge in [0.1, 0.15) is 11.9 Å². The number of rotatable bonds is 8. The SMILES string of the molecule is CC(C)Cc1nc(NC(=O)CC[C@H]2NC(=O)N(Cc3ccccc3)C2=O)n[nH]1. The van der Waals surface area contributed by atoms with Crippen molar-refractivity contribution >= 4 is 23.8 Å². The van der Waals surface area contributed by atoms with Crippen LogP contribution in [0.1, 0.15) is 38.1 Å². The van der Waals surface area contributed by atoms with Crippen molar-refractivity contribution in [2.24, 2.45) is 5.92 Å². The van der Waals surface area contributed by atoms with Crippen LogP contribution in [0, 0.1) is 5.92 Å². The highest BCUT2D eigenvalue weighted by Gasteiger charge is 2.37. The van der Waals surface area contributed by atoms with Crippen molar-refractivity contribution in [1.82, 2.24) is 25.4 Å². The van der Waals surface area contributed by atoms with E-state index in [0.717, 1.165) is 12.0 Å². The summed E-state index contributed by atoms with van der Waals surface area (Å²) in [5.41, 5.74) is 0.867. The molecule has 0 spiro atoms. The van der Waals surface area contributed by atoms with Crippen molar-refractivity contribution in [2.45, 2.75) is 45.7 Å². The number of hydrogen-bond donors (Lipinski definition) is 3. The molecule has 9 nitrogen and oxygen atoms in total. The highest BCUT2D eigenvalue weighted by atomic mass is 16.2. The Kier molecular flexibility index (Phi) is 6.03. The number of H-pyrrole nitrogens is 1. The third kappa shape index (κ3) is 4.93.